The number of anilines is 1. The summed E-state index contributed by atoms with van der Waals surface area (Å²) in [6, 6.07) is 30.5. The molecule has 0 aliphatic carbocycles. The zero-order valence-electron chi connectivity index (χ0n) is 19.3. The molecule has 0 aliphatic heterocycles. The van der Waals surface area contributed by atoms with Crippen molar-refractivity contribution in [2.45, 2.75) is 19.4 Å². The van der Waals surface area contributed by atoms with Gasteiger partial charge in [-0.1, -0.05) is 85.8 Å². The number of carbonyl (C=O) groups excluding carboxylic acids is 1. The molecule has 34 heavy (non-hydrogen) atoms. The lowest BCUT2D eigenvalue weighted by molar-refractivity contribution is 0.0951. The van der Waals surface area contributed by atoms with Crippen molar-refractivity contribution in [1.29, 1.82) is 0 Å². The van der Waals surface area contributed by atoms with Crippen LogP contribution in [0.2, 0.25) is 0 Å². The molecule has 5 nitrogen and oxygen atoms in total. The first-order chi connectivity index (χ1) is 16.3. The van der Waals surface area contributed by atoms with E-state index in [0.717, 1.165) is 16.3 Å². The van der Waals surface area contributed by atoms with Gasteiger partial charge in [0.1, 0.15) is 0 Å². The zero-order chi connectivity index (χ0) is 24.1. The molecular weight excluding hydrogens is 444 g/mol. The second-order valence-corrected chi connectivity index (χ2v) is 10.4. The Labute approximate surface area is 201 Å². The molecule has 1 unspecified atom stereocenters. The summed E-state index contributed by atoms with van der Waals surface area (Å²) in [4.78, 5) is 12.6. The van der Waals surface area contributed by atoms with Crippen LogP contribution < -0.4 is 9.62 Å². The normalized spacial score (nSPS) is 12.3. The topological polar surface area (TPSA) is 66.5 Å². The van der Waals surface area contributed by atoms with Gasteiger partial charge in [0.15, 0.2) is 0 Å². The van der Waals surface area contributed by atoms with Gasteiger partial charge in [-0.15, -0.1) is 0 Å². The van der Waals surface area contributed by atoms with Gasteiger partial charge in [-0.25, -0.2) is 8.42 Å². The zero-order valence-corrected chi connectivity index (χ0v) is 20.1. The molecule has 1 amide bonds. The molecule has 0 heterocycles. The van der Waals surface area contributed by atoms with Crippen molar-refractivity contribution >= 4 is 32.4 Å². The van der Waals surface area contributed by atoms with Crippen LogP contribution in [0.4, 0.5) is 5.69 Å². The van der Waals surface area contributed by atoms with Crippen molar-refractivity contribution in [1.82, 2.24) is 5.32 Å². The van der Waals surface area contributed by atoms with Gasteiger partial charge in [-0.3, -0.25) is 9.10 Å². The van der Waals surface area contributed by atoms with Crippen LogP contribution in [-0.4, -0.2) is 27.1 Å². The van der Waals surface area contributed by atoms with Crippen molar-refractivity contribution in [2.75, 3.05) is 17.1 Å². The average molecular weight is 473 g/mol. The highest BCUT2D eigenvalue weighted by Crippen LogP contribution is 2.29. The third kappa shape index (κ3) is 5.46. The number of benzene rings is 4. The third-order valence-corrected chi connectivity index (χ3v) is 7.04. The molecule has 4 aromatic rings. The Kier molecular flexibility index (Phi) is 6.98. The van der Waals surface area contributed by atoms with E-state index in [1.807, 2.05) is 60.7 Å². The quantitative estimate of drug-likeness (QED) is 0.376. The first kappa shape index (κ1) is 23.5. The van der Waals surface area contributed by atoms with Gasteiger partial charge in [-0.05, 0) is 40.6 Å². The van der Waals surface area contributed by atoms with Crippen LogP contribution in [0, 0.1) is 0 Å². The minimum atomic E-state index is -3.52. The molecule has 0 aliphatic rings. The van der Waals surface area contributed by atoms with Crippen LogP contribution in [-0.2, 0) is 16.6 Å². The number of carbonyl (C=O) groups is 1. The Bertz CT molecular complexity index is 1380. The largest absolute Gasteiger partial charge is 0.351 e. The molecule has 6 heteroatoms. The van der Waals surface area contributed by atoms with E-state index in [1.54, 1.807) is 24.3 Å². The number of hydrogen-bond donors (Lipinski definition) is 1. The summed E-state index contributed by atoms with van der Waals surface area (Å²) in [5.41, 5.74) is 3.15. The number of rotatable bonds is 8. The standard InChI is InChI=1S/C28H28N2O3S/c1-21(23-9-4-3-5-10-23)19-29-28(31)25-17-15-22(16-18-25)20-30(34(2,32)33)27-14-8-12-24-11-6-7-13-26(24)27/h3-18,21H,19-20H2,1-2H3,(H,29,31). The Morgan fingerprint density at radius 1 is 0.853 bits per heavy atom. The highest BCUT2D eigenvalue weighted by atomic mass is 32.2. The molecule has 174 valence electrons. The van der Waals surface area contributed by atoms with Gasteiger partial charge < -0.3 is 5.32 Å². The van der Waals surface area contributed by atoms with Crippen molar-refractivity contribution in [3.8, 4) is 0 Å². The van der Waals surface area contributed by atoms with E-state index in [0.29, 0.717) is 17.8 Å². The maximum Gasteiger partial charge on any atom is 0.251 e. The molecular formula is C28H28N2O3S. The summed E-state index contributed by atoms with van der Waals surface area (Å²) in [7, 11) is -3.52. The Balaban J connectivity index is 1.48. The Morgan fingerprint density at radius 3 is 2.21 bits per heavy atom. The lowest BCUT2D eigenvalue weighted by Crippen LogP contribution is -2.29. The van der Waals surface area contributed by atoms with Crippen LogP contribution in [0.15, 0.2) is 97.1 Å². The predicted octanol–water partition coefficient (Wildman–Crippen LogP) is 5.34. The number of sulfonamides is 1. The summed E-state index contributed by atoms with van der Waals surface area (Å²) in [5.74, 6) is 0.0526. The van der Waals surface area contributed by atoms with E-state index >= 15 is 0 Å². The molecule has 0 bridgehead atoms. The fourth-order valence-electron chi connectivity index (χ4n) is 3.98. The monoisotopic (exact) mass is 472 g/mol. The number of amides is 1. The number of nitrogens with one attached hydrogen (secondary N) is 1. The van der Waals surface area contributed by atoms with E-state index < -0.39 is 10.0 Å². The van der Waals surface area contributed by atoms with Crippen molar-refractivity contribution in [3.05, 3.63) is 114 Å². The van der Waals surface area contributed by atoms with E-state index in [1.165, 1.54) is 16.1 Å². The van der Waals surface area contributed by atoms with E-state index in [-0.39, 0.29) is 18.4 Å². The van der Waals surface area contributed by atoms with Crippen LogP contribution in [0.1, 0.15) is 34.3 Å². The minimum absolute atomic E-state index is 0.150. The first-order valence-corrected chi connectivity index (χ1v) is 13.1. The van der Waals surface area contributed by atoms with Gasteiger partial charge in [0.2, 0.25) is 10.0 Å². The molecule has 1 atom stereocenters. The molecule has 0 fully saturated rings. The van der Waals surface area contributed by atoms with E-state index in [2.05, 4.69) is 24.4 Å². The van der Waals surface area contributed by atoms with E-state index in [9.17, 15) is 13.2 Å². The molecule has 4 rings (SSSR count). The maximum absolute atomic E-state index is 12.7. The van der Waals surface area contributed by atoms with Crippen LogP contribution in [0.25, 0.3) is 10.8 Å². The van der Waals surface area contributed by atoms with Crippen LogP contribution in [0.5, 0.6) is 0 Å². The molecule has 0 saturated heterocycles. The van der Waals surface area contributed by atoms with Crippen LogP contribution in [0.3, 0.4) is 0 Å². The number of nitrogens with zero attached hydrogens (tertiary/aromatic N) is 1. The molecule has 1 N–H and O–H groups in total. The average Bonchev–Trinajstić information content (AvgIpc) is 2.85. The summed E-state index contributed by atoms with van der Waals surface area (Å²) in [6.45, 7) is 2.79. The lowest BCUT2D eigenvalue weighted by Gasteiger charge is -2.24. The molecule has 0 aromatic heterocycles. The summed E-state index contributed by atoms with van der Waals surface area (Å²) in [6.07, 6.45) is 1.21. The summed E-state index contributed by atoms with van der Waals surface area (Å²) < 4.78 is 26.8. The Morgan fingerprint density at radius 2 is 1.50 bits per heavy atom. The second kappa shape index (κ2) is 10.1. The smallest absolute Gasteiger partial charge is 0.251 e. The predicted molar refractivity (Wildman–Crippen MR) is 139 cm³/mol. The number of hydrogen-bond acceptors (Lipinski definition) is 3. The second-order valence-electron chi connectivity index (χ2n) is 8.49. The summed E-state index contributed by atoms with van der Waals surface area (Å²) >= 11 is 0. The Hall–Kier alpha value is -3.64. The van der Waals surface area contributed by atoms with Gasteiger partial charge in [0.25, 0.3) is 5.91 Å². The van der Waals surface area contributed by atoms with Gasteiger partial charge in [0, 0.05) is 17.5 Å². The fourth-order valence-corrected chi connectivity index (χ4v) is 4.88. The van der Waals surface area contributed by atoms with Crippen molar-refractivity contribution in [3.63, 3.8) is 0 Å². The summed E-state index contributed by atoms with van der Waals surface area (Å²) in [5, 5.41) is 4.83. The van der Waals surface area contributed by atoms with Gasteiger partial charge >= 0.3 is 0 Å². The van der Waals surface area contributed by atoms with Crippen LogP contribution >= 0.6 is 0 Å². The van der Waals surface area contributed by atoms with Gasteiger partial charge in [0.05, 0.1) is 18.5 Å². The fraction of sp³-hybridized carbons (Fsp3) is 0.179. The maximum atomic E-state index is 12.7. The van der Waals surface area contributed by atoms with Crippen molar-refractivity contribution in [2.24, 2.45) is 0 Å². The highest BCUT2D eigenvalue weighted by Gasteiger charge is 2.20. The SMILES string of the molecule is CC(CNC(=O)c1ccc(CN(c2cccc3ccccc23)S(C)(=O)=O)cc1)c1ccccc1. The number of fused-ring (bicyclic) bond motifs is 1. The van der Waals surface area contributed by atoms with E-state index in [4.69, 9.17) is 0 Å². The molecule has 4 aromatic carbocycles. The van der Waals surface area contributed by atoms with Crippen molar-refractivity contribution < 1.29 is 13.2 Å². The molecule has 0 saturated carbocycles. The first-order valence-electron chi connectivity index (χ1n) is 11.2. The third-order valence-electron chi connectivity index (χ3n) is 5.92. The lowest BCUT2D eigenvalue weighted by atomic mass is 10.0. The molecule has 0 spiro atoms. The highest BCUT2D eigenvalue weighted by molar-refractivity contribution is 7.92. The van der Waals surface area contributed by atoms with Gasteiger partial charge in [-0.2, -0.15) is 0 Å². The molecule has 0 radical (unpaired) electrons. The minimum Gasteiger partial charge on any atom is -0.351 e.